The van der Waals surface area contributed by atoms with E-state index < -0.39 is 0 Å². The average molecular weight is 323 g/mol. The van der Waals surface area contributed by atoms with E-state index >= 15 is 0 Å². The molecule has 0 bridgehead atoms. The molecule has 0 saturated heterocycles. The van der Waals surface area contributed by atoms with Crippen molar-refractivity contribution in [3.63, 3.8) is 0 Å². The molecule has 0 spiro atoms. The van der Waals surface area contributed by atoms with E-state index in [1.165, 1.54) is 6.33 Å². The Hall–Kier alpha value is -1.62. The zero-order chi connectivity index (χ0) is 13.8. The van der Waals surface area contributed by atoms with Crippen LogP contribution in [0.3, 0.4) is 0 Å². The van der Waals surface area contributed by atoms with Crippen molar-refractivity contribution in [3.8, 4) is 11.6 Å². The summed E-state index contributed by atoms with van der Waals surface area (Å²) in [7, 11) is 0. The number of nitrogens with one attached hydrogen (secondary N) is 1. The third-order valence-corrected chi connectivity index (χ3v) is 3.73. The summed E-state index contributed by atoms with van der Waals surface area (Å²) in [5, 5.41) is 0. The van der Waals surface area contributed by atoms with Gasteiger partial charge in [0.1, 0.15) is 10.2 Å². The smallest absolute Gasteiger partial charge is 0.268 e. The number of benzene rings is 1. The van der Waals surface area contributed by atoms with Crippen molar-refractivity contribution in [3.05, 3.63) is 51.0 Å². The fraction of sp³-hybridized carbons (Fsp3) is 0.286. The van der Waals surface area contributed by atoms with Crippen LogP contribution in [-0.2, 0) is 0 Å². The molecule has 2 aromatic rings. The third kappa shape index (κ3) is 3.04. The number of rotatable bonds is 4. The minimum atomic E-state index is -0.258. The molecule has 1 aromatic carbocycles. The van der Waals surface area contributed by atoms with Gasteiger partial charge < -0.3 is 9.72 Å². The Labute approximate surface area is 120 Å². The molecule has 1 atom stereocenters. The molecule has 0 aliphatic heterocycles. The van der Waals surface area contributed by atoms with Gasteiger partial charge in [0.05, 0.1) is 6.33 Å². The summed E-state index contributed by atoms with van der Waals surface area (Å²) in [6.45, 7) is 4.27. The number of aromatic nitrogens is 2. The van der Waals surface area contributed by atoms with Gasteiger partial charge in [-0.2, -0.15) is 0 Å². The van der Waals surface area contributed by atoms with Gasteiger partial charge in [-0.15, -0.1) is 0 Å². The van der Waals surface area contributed by atoms with Crippen LogP contribution in [0.5, 0.6) is 11.6 Å². The molecule has 1 unspecified atom stereocenters. The molecule has 100 valence electrons. The van der Waals surface area contributed by atoms with E-state index in [9.17, 15) is 4.79 Å². The Morgan fingerprint density at radius 2 is 2.16 bits per heavy atom. The van der Waals surface area contributed by atoms with Crippen LogP contribution in [0.2, 0.25) is 0 Å². The molecular weight excluding hydrogens is 308 g/mol. The molecular formula is C14H15BrN2O2. The van der Waals surface area contributed by atoms with Crippen molar-refractivity contribution in [2.45, 2.75) is 26.2 Å². The molecule has 1 N–H and O–H groups in total. The normalized spacial score (nSPS) is 12.2. The summed E-state index contributed by atoms with van der Waals surface area (Å²) >= 11 is 3.19. The van der Waals surface area contributed by atoms with Gasteiger partial charge in [0, 0.05) is 0 Å². The Balaban J connectivity index is 2.38. The number of para-hydroxylation sites is 1. The minimum Gasteiger partial charge on any atom is -0.437 e. The van der Waals surface area contributed by atoms with Gasteiger partial charge in [-0.25, -0.2) is 4.98 Å². The van der Waals surface area contributed by atoms with Crippen LogP contribution in [-0.4, -0.2) is 9.97 Å². The Morgan fingerprint density at radius 3 is 2.89 bits per heavy atom. The van der Waals surface area contributed by atoms with Crippen LogP contribution < -0.4 is 10.3 Å². The van der Waals surface area contributed by atoms with E-state index in [1.54, 1.807) is 0 Å². The largest absolute Gasteiger partial charge is 0.437 e. The lowest BCUT2D eigenvalue weighted by molar-refractivity contribution is 0.446. The second kappa shape index (κ2) is 6.02. The van der Waals surface area contributed by atoms with Crippen molar-refractivity contribution in [1.82, 2.24) is 9.97 Å². The van der Waals surface area contributed by atoms with Crippen LogP contribution >= 0.6 is 15.9 Å². The fourth-order valence-corrected chi connectivity index (χ4v) is 2.04. The first-order valence-corrected chi connectivity index (χ1v) is 6.92. The van der Waals surface area contributed by atoms with Crippen molar-refractivity contribution >= 4 is 15.9 Å². The Morgan fingerprint density at radius 1 is 1.42 bits per heavy atom. The topological polar surface area (TPSA) is 55.0 Å². The highest BCUT2D eigenvalue weighted by atomic mass is 79.9. The summed E-state index contributed by atoms with van der Waals surface area (Å²) in [5.41, 5.74) is 0.852. The monoisotopic (exact) mass is 322 g/mol. The molecule has 0 aliphatic rings. The van der Waals surface area contributed by atoms with Gasteiger partial charge in [0.15, 0.2) is 0 Å². The van der Waals surface area contributed by atoms with Gasteiger partial charge >= 0.3 is 0 Å². The van der Waals surface area contributed by atoms with Crippen LogP contribution in [0.15, 0.2) is 39.9 Å². The molecule has 1 heterocycles. The first-order valence-electron chi connectivity index (χ1n) is 6.13. The van der Waals surface area contributed by atoms with Gasteiger partial charge in [0.25, 0.3) is 5.56 Å². The molecule has 0 amide bonds. The lowest BCUT2D eigenvalue weighted by Crippen LogP contribution is -2.08. The maximum absolute atomic E-state index is 11.5. The quantitative estimate of drug-likeness (QED) is 0.930. The van der Waals surface area contributed by atoms with E-state index in [-0.39, 0.29) is 11.4 Å². The lowest BCUT2D eigenvalue weighted by Gasteiger charge is -2.15. The summed E-state index contributed by atoms with van der Waals surface area (Å²) in [6, 6.07) is 7.80. The van der Waals surface area contributed by atoms with E-state index in [0.29, 0.717) is 10.4 Å². The van der Waals surface area contributed by atoms with Gasteiger partial charge in [-0.05, 0) is 39.9 Å². The maximum atomic E-state index is 11.5. The van der Waals surface area contributed by atoms with Crippen molar-refractivity contribution in [1.29, 1.82) is 0 Å². The van der Waals surface area contributed by atoms with Crippen molar-refractivity contribution in [2.75, 3.05) is 0 Å². The zero-order valence-electron chi connectivity index (χ0n) is 10.8. The highest BCUT2D eigenvalue weighted by molar-refractivity contribution is 9.10. The zero-order valence-corrected chi connectivity index (χ0v) is 12.4. The summed E-state index contributed by atoms with van der Waals surface area (Å²) < 4.78 is 6.07. The highest BCUT2D eigenvalue weighted by Gasteiger charge is 2.13. The molecule has 0 radical (unpaired) electrons. The molecule has 0 aliphatic carbocycles. The number of aromatic amines is 1. The number of hydrogen-bond donors (Lipinski definition) is 1. The number of nitrogens with zero attached hydrogens (tertiary/aromatic N) is 1. The molecule has 0 fully saturated rings. The van der Waals surface area contributed by atoms with E-state index in [0.717, 1.165) is 17.7 Å². The third-order valence-electron chi connectivity index (χ3n) is 3.03. The Bertz CT molecular complexity index is 625. The average Bonchev–Trinajstić information content (AvgIpc) is 2.43. The number of halogens is 1. The van der Waals surface area contributed by atoms with E-state index in [4.69, 9.17) is 4.74 Å². The molecule has 5 heteroatoms. The van der Waals surface area contributed by atoms with E-state index in [1.807, 2.05) is 24.3 Å². The predicted octanol–water partition coefficient (Wildman–Crippen LogP) is 3.84. The van der Waals surface area contributed by atoms with Crippen LogP contribution in [0, 0.1) is 0 Å². The number of hydrogen-bond acceptors (Lipinski definition) is 3. The molecule has 4 nitrogen and oxygen atoms in total. The highest BCUT2D eigenvalue weighted by Crippen LogP contribution is 2.32. The summed E-state index contributed by atoms with van der Waals surface area (Å²) in [5.74, 6) is 1.40. The predicted molar refractivity (Wildman–Crippen MR) is 77.8 cm³/mol. The summed E-state index contributed by atoms with van der Waals surface area (Å²) in [4.78, 5) is 18.0. The van der Waals surface area contributed by atoms with Crippen LogP contribution in [0.4, 0.5) is 0 Å². The number of H-pyrrole nitrogens is 1. The van der Waals surface area contributed by atoms with Crippen LogP contribution in [0.25, 0.3) is 0 Å². The molecule has 19 heavy (non-hydrogen) atoms. The van der Waals surface area contributed by atoms with Gasteiger partial charge in [0.2, 0.25) is 5.88 Å². The second-order valence-corrected chi connectivity index (χ2v) is 5.09. The van der Waals surface area contributed by atoms with Crippen molar-refractivity contribution in [2.24, 2.45) is 0 Å². The van der Waals surface area contributed by atoms with Gasteiger partial charge in [-0.1, -0.05) is 32.0 Å². The Kier molecular flexibility index (Phi) is 4.37. The first-order chi connectivity index (χ1) is 9.13. The molecule has 0 saturated carbocycles. The maximum Gasteiger partial charge on any atom is 0.268 e. The SMILES string of the molecule is CCC(C)c1ccccc1Oc1nc[nH]c(=O)c1Br. The number of ether oxygens (including phenoxy) is 1. The fourth-order valence-electron chi connectivity index (χ4n) is 1.74. The van der Waals surface area contributed by atoms with E-state index in [2.05, 4.69) is 39.7 Å². The standard InChI is InChI=1S/C14H15BrN2O2/c1-3-9(2)10-6-4-5-7-11(10)19-14-12(15)13(18)16-8-17-14/h4-9H,3H2,1-2H3,(H,16,17,18). The second-order valence-electron chi connectivity index (χ2n) is 4.30. The van der Waals surface area contributed by atoms with Crippen molar-refractivity contribution < 1.29 is 4.74 Å². The molecule has 1 aromatic heterocycles. The lowest BCUT2D eigenvalue weighted by atomic mass is 9.98. The first kappa shape index (κ1) is 13.8. The van der Waals surface area contributed by atoms with Gasteiger partial charge in [-0.3, -0.25) is 4.79 Å². The molecule has 2 rings (SSSR count). The summed E-state index contributed by atoms with van der Waals surface area (Å²) in [6.07, 6.45) is 2.35. The minimum absolute atomic E-state index is 0.258. The van der Waals surface area contributed by atoms with Crippen LogP contribution in [0.1, 0.15) is 31.7 Å².